The zero-order chi connectivity index (χ0) is 13.8. The summed E-state index contributed by atoms with van der Waals surface area (Å²) in [7, 11) is 0. The second kappa shape index (κ2) is 7.70. The fraction of sp³-hybridized carbons (Fsp3) is 0.333. The van der Waals surface area contributed by atoms with Crippen molar-refractivity contribution in [3.8, 4) is 11.3 Å². The minimum Gasteiger partial charge on any atom is -0.460 e. The van der Waals surface area contributed by atoms with Gasteiger partial charge in [0.2, 0.25) is 0 Å². The lowest BCUT2D eigenvalue weighted by Crippen LogP contribution is -2.23. The molecule has 0 aliphatic carbocycles. The number of halogens is 2. The van der Waals surface area contributed by atoms with Crippen LogP contribution in [0.4, 0.5) is 0 Å². The summed E-state index contributed by atoms with van der Waals surface area (Å²) in [6.45, 7) is 4.87. The van der Waals surface area contributed by atoms with Crippen LogP contribution in [0.1, 0.15) is 18.2 Å². The summed E-state index contributed by atoms with van der Waals surface area (Å²) < 4.78 is 5.78. The largest absolute Gasteiger partial charge is 0.460 e. The highest BCUT2D eigenvalue weighted by atomic mass is 35.5. The molecular formula is C15H19Cl2NO2. The molecule has 1 unspecified atom stereocenters. The van der Waals surface area contributed by atoms with Crippen LogP contribution < -0.4 is 5.32 Å². The number of hydrogen-bond donors (Lipinski definition) is 2. The van der Waals surface area contributed by atoms with E-state index in [2.05, 4.69) is 5.32 Å². The third-order valence-electron chi connectivity index (χ3n) is 2.93. The van der Waals surface area contributed by atoms with Crippen LogP contribution in [0.2, 0.25) is 5.02 Å². The second-order valence-corrected chi connectivity index (χ2v) is 5.07. The zero-order valence-corrected chi connectivity index (χ0v) is 13.1. The van der Waals surface area contributed by atoms with E-state index in [0.717, 1.165) is 27.7 Å². The standard InChI is InChI=1S/C15H18ClNO2.ClH/c1-10(18)8-17-9-12-6-7-15(19-12)13-4-3-5-14(16)11(13)2;/h3-7,10,17-18H,8-9H2,1-2H3;1H. The van der Waals surface area contributed by atoms with E-state index in [4.69, 9.17) is 16.0 Å². The molecule has 0 spiro atoms. The van der Waals surface area contributed by atoms with Crippen molar-refractivity contribution in [1.29, 1.82) is 0 Å². The summed E-state index contributed by atoms with van der Waals surface area (Å²) >= 11 is 6.11. The van der Waals surface area contributed by atoms with Gasteiger partial charge in [0.05, 0.1) is 12.6 Å². The highest BCUT2D eigenvalue weighted by Crippen LogP contribution is 2.29. The third kappa shape index (κ3) is 4.25. The van der Waals surface area contributed by atoms with Crippen LogP contribution in [0.5, 0.6) is 0 Å². The fourth-order valence-electron chi connectivity index (χ4n) is 1.90. The van der Waals surface area contributed by atoms with E-state index in [9.17, 15) is 5.11 Å². The Bertz CT molecular complexity index is 553. The van der Waals surface area contributed by atoms with Gasteiger partial charge in [-0.15, -0.1) is 12.4 Å². The van der Waals surface area contributed by atoms with Gasteiger partial charge >= 0.3 is 0 Å². The Kier molecular flexibility index (Phi) is 6.56. The van der Waals surface area contributed by atoms with Gasteiger partial charge in [-0.05, 0) is 37.6 Å². The topological polar surface area (TPSA) is 45.4 Å². The smallest absolute Gasteiger partial charge is 0.134 e. The summed E-state index contributed by atoms with van der Waals surface area (Å²) in [4.78, 5) is 0. The van der Waals surface area contributed by atoms with Crippen molar-refractivity contribution >= 4 is 24.0 Å². The van der Waals surface area contributed by atoms with Gasteiger partial charge in [0, 0.05) is 17.1 Å². The first-order valence-corrected chi connectivity index (χ1v) is 6.68. The van der Waals surface area contributed by atoms with Gasteiger partial charge in [0.1, 0.15) is 11.5 Å². The Morgan fingerprint density at radius 3 is 2.75 bits per heavy atom. The van der Waals surface area contributed by atoms with Crippen LogP contribution >= 0.6 is 24.0 Å². The number of aliphatic hydroxyl groups excluding tert-OH is 1. The van der Waals surface area contributed by atoms with E-state index in [1.807, 2.05) is 37.3 Å². The molecule has 5 heteroatoms. The van der Waals surface area contributed by atoms with Crippen LogP contribution in [-0.2, 0) is 6.54 Å². The lowest BCUT2D eigenvalue weighted by atomic mass is 10.1. The summed E-state index contributed by atoms with van der Waals surface area (Å²) in [6.07, 6.45) is -0.357. The van der Waals surface area contributed by atoms with Gasteiger partial charge in [-0.3, -0.25) is 0 Å². The molecule has 2 rings (SSSR count). The van der Waals surface area contributed by atoms with Gasteiger partial charge in [0.25, 0.3) is 0 Å². The van der Waals surface area contributed by atoms with E-state index >= 15 is 0 Å². The van der Waals surface area contributed by atoms with E-state index in [-0.39, 0.29) is 18.5 Å². The maximum Gasteiger partial charge on any atom is 0.134 e. The van der Waals surface area contributed by atoms with Crippen molar-refractivity contribution in [2.75, 3.05) is 6.54 Å². The molecule has 0 fully saturated rings. The molecule has 0 saturated carbocycles. The molecule has 3 nitrogen and oxygen atoms in total. The third-order valence-corrected chi connectivity index (χ3v) is 3.34. The predicted molar refractivity (Wildman–Crippen MR) is 84.5 cm³/mol. The Labute approximate surface area is 130 Å². The summed E-state index contributed by atoms with van der Waals surface area (Å²) in [6, 6.07) is 9.66. The van der Waals surface area contributed by atoms with Crippen molar-refractivity contribution in [1.82, 2.24) is 5.32 Å². The van der Waals surface area contributed by atoms with Crippen LogP contribution in [-0.4, -0.2) is 17.8 Å². The van der Waals surface area contributed by atoms with Crippen LogP contribution in [0.25, 0.3) is 11.3 Å². The van der Waals surface area contributed by atoms with Gasteiger partial charge in [-0.2, -0.15) is 0 Å². The van der Waals surface area contributed by atoms with Crippen molar-refractivity contribution in [3.63, 3.8) is 0 Å². The van der Waals surface area contributed by atoms with E-state index in [1.54, 1.807) is 6.92 Å². The first-order valence-electron chi connectivity index (χ1n) is 6.31. The lowest BCUT2D eigenvalue weighted by molar-refractivity contribution is 0.190. The summed E-state index contributed by atoms with van der Waals surface area (Å²) in [5.74, 6) is 1.66. The fourth-order valence-corrected chi connectivity index (χ4v) is 2.07. The van der Waals surface area contributed by atoms with Crippen LogP contribution in [0, 0.1) is 6.92 Å². The SMILES string of the molecule is Cc1c(Cl)cccc1-c1ccc(CNCC(C)O)o1.Cl. The summed E-state index contributed by atoms with van der Waals surface area (Å²) in [5.41, 5.74) is 2.02. The Balaban J connectivity index is 0.00000200. The lowest BCUT2D eigenvalue weighted by Gasteiger charge is -2.06. The van der Waals surface area contributed by atoms with Crippen molar-refractivity contribution in [2.45, 2.75) is 26.5 Å². The molecule has 20 heavy (non-hydrogen) atoms. The molecule has 1 aromatic heterocycles. The average molecular weight is 316 g/mol. The molecule has 0 amide bonds. The van der Waals surface area contributed by atoms with Crippen molar-refractivity contribution in [3.05, 3.63) is 46.7 Å². The Morgan fingerprint density at radius 1 is 1.30 bits per heavy atom. The monoisotopic (exact) mass is 315 g/mol. The molecule has 2 N–H and O–H groups in total. The quantitative estimate of drug-likeness (QED) is 0.882. The molecule has 0 aliphatic rings. The molecule has 0 aliphatic heterocycles. The molecule has 110 valence electrons. The average Bonchev–Trinajstić information content (AvgIpc) is 2.81. The van der Waals surface area contributed by atoms with E-state index in [1.165, 1.54) is 0 Å². The van der Waals surface area contributed by atoms with Crippen LogP contribution in [0.3, 0.4) is 0 Å². The molecule has 2 aromatic rings. The summed E-state index contributed by atoms with van der Waals surface area (Å²) in [5, 5.41) is 13.0. The van der Waals surface area contributed by atoms with Gasteiger partial charge < -0.3 is 14.8 Å². The normalized spacial score (nSPS) is 12.0. The molecule has 0 saturated heterocycles. The minimum atomic E-state index is -0.357. The number of rotatable bonds is 5. The predicted octanol–water partition coefficient (Wildman–Crippen LogP) is 3.80. The molecule has 0 bridgehead atoms. The minimum absolute atomic E-state index is 0. The van der Waals surface area contributed by atoms with Crippen molar-refractivity contribution in [2.24, 2.45) is 0 Å². The number of hydrogen-bond acceptors (Lipinski definition) is 3. The van der Waals surface area contributed by atoms with Crippen molar-refractivity contribution < 1.29 is 9.52 Å². The first-order chi connectivity index (χ1) is 9.08. The number of nitrogens with one attached hydrogen (secondary N) is 1. The molecule has 1 heterocycles. The Morgan fingerprint density at radius 2 is 2.05 bits per heavy atom. The highest BCUT2D eigenvalue weighted by molar-refractivity contribution is 6.31. The van der Waals surface area contributed by atoms with E-state index in [0.29, 0.717) is 13.1 Å². The van der Waals surface area contributed by atoms with Gasteiger partial charge in [0.15, 0.2) is 0 Å². The number of benzene rings is 1. The number of furan rings is 1. The zero-order valence-electron chi connectivity index (χ0n) is 11.5. The number of aliphatic hydroxyl groups is 1. The highest BCUT2D eigenvalue weighted by Gasteiger charge is 2.09. The van der Waals surface area contributed by atoms with E-state index < -0.39 is 0 Å². The Hall–Kier alpha value is -1.00. The molecular weight excluding hydrogens is 297 g/mol. The van der Waals surface area contributed by atoms with Crippen LogP contribution in [0.15, 0.2) is 34.7 Å². The molecule has 1 aromatic carbocycles. The molecule has 1 atom stereocenters. The second-order valence-electron chi connectivity index (χ2n) is 4.66. The maximum absolute atomic E-state index is 9.17. The maximum atomic E-state index is 9.17. The van der Waals surface area contributed by atoms with Gasteiger partial charge in [-0.1, -0.05) is 23.7 Å². The molecule has 0 radical (unpaired) electrons. The first kappa shape index (κ1) is 17.1. The van der Waals surface area contributed by atoms with Gasteiger partial charge in [-0.25, -0.2) is 0 Å².